The van der Waals surface area contributed by atoms with Crippen molar-refractivity contribution < 1.29 is 4.79 Å². The summed E-state index contributed by atoms with van der Waals surface area (Å²) >= 11 is 10.6. The third-order valence-corrected chi connectivity index (χ3v) is 1.68. The highest BCUT2D eigenvalue weighted by atomic mass is 35.5. The van der Waals surface area contributed by atoms with Crippen molar-refractivity contribution in [3.63, 3.8) is 0 Å². The molecule has 0 aromatic heterocycles. The van der Waals surface area contributed by atoms with Crippen LogP contribution in [-0.2, 0) is 4.79 Å². The minimum Gasteiger partial charge on any atom is -0.280 e. The minimum atomic E-state index is -0.508. The standard InChI is InChI=1S/C6H10Cl2O/c1-4(2)3-5(7)6(8)9/h4-5H,3H2,1-2H3/t5-/m1/s1. The number of rotatable bonds is 3. The van der Waals surface area contributed by atoms with Crippen LogP contribution in [0.25, 0.3) is 0 Å². The molecule has 0 aliphatic carbocycles. The zero-order valence-electron chi connectivity index (χ0n) is 5.53. The third kappa shape index (κ3) is 4.73. The van der Waals surface area contributed by atoms with Crippen molar-refractivity contribution in [1.29, 1.82) is 0 Å². The average Bonchev–Trinajstić information content (AvgIpc) is 1.63. The highest BCUT2D eigenvalue weighted by molar-refractivity contribution is 6.69. The van der Waals surface area contributed by atoms with E-state index in [0.717, 1.165) is 0 Å². The number of hydrogen-bond donors (Lipinski definition) is 0. The van der Waals surface area contributed by atoms with Gasteiger partial charge in [-0.25, -0.2) is 0 Å². The molecule has 1 nitrogen and oxygen atoms in total. The average molecular weight is 169 g/mol. The predicted octanol–water partition coefficient (Wildman–Crippen LogP) is 2.41. The van der Waals surface area contributed by atoms with E-state index in [-0.39, 0.29) is 0 Å². The lowest BCUT2D eigenvalue weighted by molar-refractivity contribution is -0.111. The fraction of sp³-hybridized carbons (Fsp3) is 0.833. The van der Waals surface area contributed by atoms with Crippen LogP contribution in [0.3, 0.4) is 0 Å². The molecule has 0 aromatic carbocycles. The summed E-state index contributed by atoms with van der Waals surface area (Å²) in [6, 6.07) is 0. The molecule has 0 N–H and O–H groups in total. The molecule has 0 aliphatic rings. The van der Waals surface area contributed by atoms with Gasteiger partial charge in [0.05, 0.1) is 0 Å². The molecule has 0 unspecified atom stereocenters. The largest absolute Gasteiger partial charge is 0.280 e. The minimum absolute atomic E-state index is 0.426. The Labute approximate surface area is 65.3 Å². The normalized spacial score (nSPS) is 13.9. The van der Waals surface area contributed by atoms with E-state index in [1.807, 2.05) is 13.8 Å². The van der Waals surface area contributed by atoms with Gasteiger partial charge in [-0.05, 0) is 23.9 Å². The first-order chi connectivity index (χ1) is 4.04. The van der Waals surface area contributed by atoms with Crippen molar-refractivity contribution in [3.05, 3.63) is 0 Å². The maximum atomic E-state index is 10.3. The zero-order chi connectivity index (χ0) is 7.44. The molecule has 0 heterocycles. The molecule has 0 spiro atoms. The summed E-state index contributed by atoms with van der Waals surface area (Å²) in [5.74, 6) is 0.426. The van der Waals surface area contributed by atoms with E-state index in [9.17, 15) is 4.79 Å². The van der Waals surface area contributed by atoms with Crippen molar-refractivity contribution >= 4 is 28.4 Å². The summed E-state index contributed by atoms with van der Waals surface area (Å²) in [7, 11) is 0. The lowest BCUT2D eigenvalue weighted by atomic mass is 10.1. The first kappa shape index (κ1) is 9.25. The Morgan fingerprint density at radius 1 is 1.56 bits per heavy atom. The van der Waals surface area contributed by atoms with Crippen molar-refractivity contribution in [1.82, 2.24) is 0 Å². The van der Waals surface area contributed by atoms with E-state index in [0.29, 0.717) is 12.3 Å². The number of carbonyl (C=O) groups is 1. The first-order valence-corrected chi connectivity index (χ1v) is 3.69. The molecule has 0 bridgehead atoms. The van der Waals surface area contributed by atoms with Crippen molar-refractivity contribution in [3.8, 4) is 0 Å². The number of carbonyl (C=O) groups excluding carboxylic acids is 1. The Morgan fingerprint density at radius 2 is 2.00 bits per heavy atom. The summed E-state index contributed by atoms with van der Waals surface area (Å²) in [6.07, 6.45) is 0.657. The second-order valence-corrected chi connectivity index (χ2v) is 3.30. The van der Waals surface area contributed by atoms with Gasteiger partial charge in [-0.1, -0.05) is 13.8 Å². The van der Waals surface area contributed by atoms with Crippen molar-refractivity contribution in [2.45, 2.75) is 25.6 Å². The second kappa shape index (κ2) is 4.13. The second-order valence-electron chi connectivity index (χ2n) is 2.40. The molecule has 0 rings (SSSR count). The van der Waals surface area contributed by atoms with Crippen LogP contribution in [0.15, 0.2) is 0 Å². The summed E-state index contributed by atoms with van der Waals surface area (Å²) < 4.78 is 0. The summed E-state index contributed by atoms with van der Waals surface area (Å²) in [5, 5.41) is -0.961. The molecule has 0 radical (unpaired) electrons. The topological polar surface area (TPSA) is 17.1 Å². The van der Waals surface area contributed by atoms with Gasteiger partial charge in [-0.15, -0.1) is 11.6 Å². The molecule has 9 heavy (non-hydrogen) atoms. The highest BCUT2D eigenvalue weighted by Gasteiger charge is 2.13. The van der Waals surface area contributed by atoms with Crippen LogP contribution in [0.4, 0.5) is 0 Å². The summed E-state index contributed by atoms with van der Waals surface area (Å²) in [5.41, 5.74) is 0. The van der Waals surface area contributed by atoms with E-state index in [2.05, 4.69) is 0 Å². The molecule has 0 aliphatic heterocycles. The van der Waals surface area contributed by atoms with Gasteiger partial charge in [0.25, 0.3) is 0 Å². The van der Waals surface area contributed by atoms with Crippen LogP contribution < -0.4 is 0 Å². The maximum Gasteiger partial charge on any atom is 0.239 e. The van der Waals surface area contributed by atoms with Crippen LogP contribution in [0, 0.1) is 5.92 Å². The first-order valence-electron chi connectivity index (χ1n) is 2.87. The van der Waals surface area contributed by atoms with Gasteiger partial charge in [0.15, 0.2) is 0 Å². The summed E-state index contributed by atoms with van der Waals surface area (Å²) in [6.45, 7) is 3.99. The molecule has 1 atom stereocenters. The Hall–Kier alpha value is 0.250. The SMILES string of the molecule is CC(C)C[C@@H](Cl)C(=O)Cl. The van der Waals surface area contributed by atoms with E-state index >= 15 is 0 Å². The zero-order valence-corrected chi connectivity index (χ0v) is 7.04. The van der Waals surface area contributed by atoms with Crippen LogP contribution in [0.5, 0.6) is 0 Å². The van der Waals surface area contributed by atoms with Crippen molar-refractivity contribution in [2.75, 3.05) is 0 Å². The number of hydrogen-bond acceptors (Lipinski definition) is 1. The number of halogens is 2. The van der Waals surface area contributed by atoms with Crippen LogP contribution >= 0.6 is 23.2 Å². The van der Waals surface area contributed by atoms with Gasteiger partial charge in [0.2, 0.25) is 5.24 Å². The van der Waals surface area contributed by atoms with Crippen LogP contribution in [-0.4, -0.2) is 10.6 Å². The fourth-order valence-electron chi connectivity index (χ4n) is 0.507. The molecule has 54 valence electrons. The molecule has 0 saturated heterocycles. The molecule has 3 heteroatoms. The van der Waals surface area contributed by atoms with Gasteiger partial charge in [-0.2, -0.15) is 0 Å². The van der Waals surface area contributed by atoms with Gasteiger partial charge >= 0.3 is 0 Å². The van der Waals surface area contributed by atoms with E-state index in [1.165, 1.54) is 0 Å². The quantitative estimate of drug-likeness (QED) is 0.468. The fourth-order valence-corrected chi connectivity index (χ4v) is 0.952. The summed E-state index contributed by atoms with van der Waals surface area (Å²) in [4.78, 5) is 10.3. The van der Waals surface area contributed by atoms with Crippen LogP contribution in [0.2, 0.25) is 0 Å². The van der Waals surface area contributed by atoms with Gasteiger partial charge < -0.3 is 0 Å². The predicted molar refractivity (Wildman–Crippen MR) is 40.0 cm³/mol. The molecular formula is C6H10Cl2O. The Balaban J connectivity index is 3.50. The maximum absolute atomic E-state index is 10.3. The number of alkyl halides is 1. The molecular weight excluding hydrogens is 159 g/mol. The molecule has 0 amide bonds. The smallest absolute Gasteiger partial charge is 0.239 e. The molecule has 0 fully saturated rings. The lowest BCUT2D eigenvalue weighted by Gasteiger charge is -2.05. The van der Waals surface area contributed by atoms with Crippen molar-refractivity contribution in [2.24, 2.45) is 5.92 Å². The van der Waals surface area contributed by atoms with E-state index in [4.69, 9.17) is 23.2 Å². The van der Waals surface area contributed by atoms with E-state index in [1.54, 1.807) is 0 Å². The van der Waals surface area contributed by atoms with Gasteiger partial charge in [-0.3, -0.25) is 4.79 Å². The molecule has 0 saturated carbocycles. The Morgan fingerprint density at radius 3 is 2.11 bits per heavy atom. The third-order valence-electron chi connectivity index (χ3n) is 0.925. The monoisotopic (exact) mass is 168 g/mol. The van der Waals surface area contributed by atoms with E-state index < -0.39 is 10.6 Å². The highest BCUT2D eigenvalue weighted by Crippen LogP contribution is 2.12. The lowest BCUT2D eigenvalue weighted by Crippen LogP contribution is -2.10. The molecule has 0 aromatic rings. The Kier molecular flexibility index (Phi) is 4.24. The van der Waals surface area contributed by atoms with Gasteiger partial charge in [0, 0.05) is 0 Å². The Bertz CT molecular complexity index is 101. The van der Waals surface area contributed by atoms with Gasteiger partial charge in [0.1, 0.15) is 5.38 Å². The van der Waals surface area contributed by atoms with Crippen LogP contribution in [0.1, 0.15) is 20.3 Å².